The van der Waals surface area contributed by atoms with Crippen LogP contribution in [-0.2, 0) is 0 Å². The van der Waals surface area contributed by atoms with Crippen LogP contribution in [0.15, 0.2) is 33.4 Å². The van der Waals surface area contributed by atoms with Crippen LogP contribution in [0, 0.1) is 3.57 Å². The predicted octanol–water partition coefficient (Wildman–Crippen LogP) is 3.80. The van der Waals surface area contributed by atoms with Gasteiger partial charge in [0.05, 0.1) is 0 Å². The number of halogens is 2. The largest absolute Gasteiger partial charge is 0.449 e. The second-order valence-corrected chi connectivity index (χ2v) is 4.26. The van der Waals surface area contributed by atoms with Gasteiger partial charge in [-0.05, 0) is 56.7 Å². The second-order valence-electron chi connectivity index (χ2n) is 2.23. The van der Waals surface area contributed by atoms with Crippen LogP contribution >= 0.6 is 38.5 Å². The van der Waals surface area contributed by atoms with Crippen molar-refractivity contribution < 1.29 is 4.42 Å². The van der Waals surface area contributed by atoms with Crippen molar-refractivity contribution in [3.63, 3.8) is 0 Å². The lowest BCUT2D eigenvalue weighted by molar-refractivity contribution is 0.587. The van der Waals surface area contributed by atoms with Crippen molar-refractivity contribution in [2.45, 2.75) is 0 Å². The van der Waals surface area contributed by atoms with Gasteiger partial charge in [-0.2, -0.15) is 0 Å². The van der Waals surface area contributed by atoms with E-state index in [-0.39, 0.29) is 0 Å². The Kier molecular flexibility index (Phi) is 1.93. The average Bonchev–Trinajstić information content (AvgIpc) is 2.27. The predicted molar refractivity (Wildman–Crippen MR) is 56.6 cm³/mol. The summed E-state index contributed by atoms with van der Waals surface area (Å²) in [6.07, 6.45) is 0. The molecule has 11 heavy (non-hydrogen) atoms. The number of fused-ring (bicyclic) bond motifs is 1. The van der Waals surface area contributed by atoms with E-state index in [0.29, 0.717) is 0 Å². The molecule has 2 aromatic rings. The molecule has 0 fully saturated rings. The summed E-state index contributed by atoms with van der Waals surface area (Å²) < 4.78 is 7.34. The third-order valence-corrected chi connectivity index (χ3v) is 2.51. The lowest BCUT2D eigenvalue weighted by Gasteiger charge is -1.87. The molecule has 0 spiro atoms. The maximum absolute atomic E-state index is 5.36. The van der Waals surface area contributed by atoms with Gasteiger partial charge >= 0.3 is 0 Å². The van der Waals surface area contributed by atoms with E-state index in [1.807, 2.05) is 18.2 Å². The first-order valence-electron chi connectivity index (χ1n) is 3.10. The van der Waals surface area contributed by atoms with Crippen molar-refractivity contribution in [1.82, 2.24) is 0 Å². The summed E-state index contributed by atoms with van der Waals surface area (Å²) in [6, 6.07) is 8.09. The first-order chi connectivity index (χ1) is 5.25. The Bertz CT molecular complexity index is 394. The number of benzene rings is 1. The van der Waals surface area contributed by atoms with E-state index in [9.17, 15) is 0 Å². The molecule has 1 aromatic heterocycles. The van der Waals surface area contributed by atoms with Crippen LogP contribution in [0.1, 0.15) is 0 Å². The summed E-state index contributed by atoms with van der Waals surface area (Å²) in [4.78, 5) is 0. The van der Waals surface area contributed by atoms with E-state index in [4.69, 9.17) is 4.42 Å². The molecule has 0 amide bonds. The van der Waals surface area contributed by atoms with E-state index in [0.717, 1.165) is 15.6 Å². The van der Waals surface area contributed by atoms with Crippen LogP contribution in [0.2, 0.25) is 0 Å². The molecule has 0 N–H and O–H groups in total. The van der Waals surface area contributed by atoms with Gasteiger partial charge in [-0.15, -0.1) is 0 Å². The third-order valence-electron chi connectivity index (χ3n) is 1.45. The highest BCUT2D eigenvalue weighted by Crippen LogP contribution is 2.24. The fraction of sp³-hybridized carbons (Fsp3) is 0. The smallest absolute Gasteiger partial charge is 0.170 e. The minimum Gasteiger partial charge on any atom is -0.449 e. The SMILES string of the molecule is Brc1cc2ccc(I)cc2o1. The first-order valence-corrected chi connectivity index (χ1v) is 4.97. The Labute approximate surface area is 86.0 Å². The number of hydrogen-bond acceptors (Lipinski definition) is 1. The molecular weight excluding hydrogens is 319 g/mol. The average molecular weight is 323 g/mol. The Balaban J connectivity index is 2.82. The third kappa shape index (κ3) is 1.44. The quantitative estimate of drug-likeness (QED) is 0.672. The molecule has 2 rings (SSSR count). The normalized spacial score (nSPS) is 10.7. The topological polar surface area (TPSA) is 13.1 Å². The van der Waals surface area contributed by atoms with Gasteiger partial charge in [0.1, 0.15) is 5.58 Å². The van der Waals surface area contributed by atoms with Gasteiger partial charge in [-0.25, -0.2) is 0 Å². The van der Waals surface area contributed by atoms with Crippen molar-refractivity contribution in [2.75, 3.05) is 0 Å². The van der Waals surface area contributed by atoms with Gasteiger partial charge in [0, 0.05) is 8.96 Å². The highest BCUT2D eigenvalue weighted by Gasteiger charge is 1.99. The van der Waals surface area contributed by atoms with Gasteiger partial charge < -0.3 is 4.42 Å². The van der Waals surface area contributed by atoms with E-state index in [2.05, 4.69) is 44.6 Å². The minimum atomic E-state index is 0.787. The molecule has 1 nitrogen and oxygen atoms in total. The minimum absolute atomic E-state index is 0.787. The standard InChI is InChI=1S/C8H4BrIO/c9-8-3-5-1-2-6(10)4-7(5)11-8/h1-4H. The van der Waals surface area contributed by atoms with Gasteiger partial charge in [0.2, 0.25) is 0 Å². The molecule has 0 aliphatic carbocycles. The fourth-order valence-electron chi connectivity index (χ4n) is 0.973. The van der Waals surface area contributed by atoms with Crippen molar-refractivity contribution in [3.05, 3.63) is 32.5 Å². The summed E-state index contributed by atoms with van der Waals surface area (Å²) in [6.45, 7) is 0. The highest BCUT2D eigenvalue weighted by atomic mass is 127. The Morgan fingerprint density at radius 2 is 2.09 bits per heavy atom. The van der Waals surface area contributed by atoms with Crippen LogP contribution < -0.4 is 0 Å². The van der Waals surface area contributed by atoms with Crippen LogP contribution in [0.25, 0.3) is 11.0 Å². The van der Waals surface area contributed by atoms with E-state index in [1.54, 1.807) is 0 Å². The highest BCUT2D eigenvalue weighted by molar-refractivity contribution is 14.1. The number of rotatable bonds is 0. The summed E-state index contributed by atoms with van der Waals surface area (Å²) in [5.74, 6) is 0. The molecule has 0 bridgehead atoms. The van der Waals surface area contributed by atoms with Crippen LogP contribution in [-0.4, -0.2) is 0 Å². The maximum Gasteiger partial charge on any atom is 0.170 e. The molecule has 0 saturated carbocycles. The first kappa shape index (κ1) is 7.61. The summed E-state index contributed by atoms with van der Waals surface area (Å²) >= 11 is 5.54. The van der Waals surface area contributed by atoms with Gasteiger partial charge in [-0.3, -0.25) is 0 Å². The molecule has 0 saturated heterocycles. The van der Waals surface area contributed by atoms with Crippen molar-refractivity contribution in [1.29, 1.82) is 0 Å². The molecular formula is C8H4BrIO. The zero-order valence-electron chi connectivity index (χ0n) is 5.47. The van der Waals surface area contributed by atoms with Crippen molar-refractivity contribution in [3.8, 4) is 0 Å². The summed E-state index contributed by atoms with van der Waals surface area (Å²) in [5.41, 5.74) is 0.934. The molecule has 56 valence electrons. The monoisotopic (exact) mass is 322 g/mol. The lowest BCUT2D eigenvalue weighted by Crippen LogP contribution is -1.66. The Morgan fingerprint density at radius 1 is 1.27 bits per heavy atom. The van der Waals surface area contributed by atoms with Gasteiger partial charge in [0.15, 0.2) is 4.67 Å². The van der Waals surface area contributed by atoms with E-state index >= 15 is 0 Å². The van der Waals surface area contributed by atoms with Crippen LogP contribution in [0.3, 0.4) is 0 Å². The van der Waals surface area contributed by atoms with Gasteiger partial charge in [-0.1, -0.05) is 6.07 Å². The summed E-state index contributed by atoms with van der Waals surface area (Å²) in [7, 11) is 0. The van der Waals surface area contributed by atoms with Crippen molar-refractivity contribution >= 4 is 49.5 Å². The zero-order chi connectivity index (χ0) is 7.84. The number of hydrogen-bond donors (Lipinski definition) is 0. The summed E-state index contributed by atoms with van der Waals surface area (Å²) in [5, 5.41) is 1.14. The Hall–Kier alpha value is -0.0300. The molecule has 0 unspecified atom stereocenters. The van der Waals surface area contributed by atoms with Crippen molar-refractivity contribution in [2.24, 2.45) is 0 Å². The van der Waals surface area contributed by atoms with Crippen LogP contribution in [0.5, 0.6) is 0 Å². The molecule has 1 heterocycles. The lowest BCUT2D eigenvalue weighted by atomic mass is 10.3. The Morgan fingerprint density at radius 3 is 2.91 bits per heavy atom. The fourth-order valence-corrected chi connectivity index (χ4v) is 1.86. The molecule has 0 radical (unpaired) electrons. The molecule has 3 heteroatoms. The molecule has 1 aromatic carbocycles. The molecule has 0 aliphatic heterocycles. The second kappa shape index (κ2) is 2.79. The maximum atomic E-state index is 5.36. The molecule has 0 aliphatic rings. The number of furan rings is 1. The zero-order valence-corrected chi connectivity index (χ0v) is 9.22. The van der Waals surface area contributed by atoms with E-state index < -0.39 is 0 Å². The molecule has 0 atom stereocenters. The van der Waals surface area contributed by atoms with Crippen LogP contribution in [0.4, 0.5) is 0 Å². The van der Waals surface area contributed by atoms with E-state index in [1.165, 1.54) is 3.57 Å². The van der Waals surface area contributed by atoms with Gasteiger partial charge in [0.25, 0.3) is 0 Å².